The highest BCUT2D eigenvalue weighted by Crippen LogP contribution is 2.13. The maximum atomic E-state index is 11.7. The maximum absolute atomic E-state index is 11.7. The average Bonchev–Trinajstić information content (AvgIpc) is 2.17. The van der Waals surface area contributed by atoms with Crippen molar-refractivity contribution < 1.29 is 9.00 Å². The molecular weight excluding hydrogens is 208 g/mol. The monoisotopic (exact) mass is 224 g/mol. The van der Waals surface area contributed by atoms with Gasteiger partial charge in [0.2, 0.25) is 0 Å². The molecule has 0 saturated carbocycles. The Hall–Kier alpha value is -0.960. The molecule has 0 N–H and O–H groups in total. The number of carbonyl (C=O) groups is 1. The molecule has 15 heavy (non-hydrogen) atoms. The molecule has 0 aliphatic rings. The van der Waals surface area contributed by atoms with Crippen molar-refractivity contribution in [3.05, 3.63) is 35.9 Å². The lowest BCUT2D eigenvalue weighted by Gasteiger charge is -2.16. The fraction of sp³-hybridized carbons (Fsp3) is 0.417. The van der Waals surface area contributed by atoms with Crippen molar-refractivity contribution in [3.8, 4) is 0 Å². The molecule has 1 aromatic rings. The third-order valence-electron chi connectivity index (χ3n) is 2.04. The van der Waals surface area contributed by atoms with E-state index in [4.69, 9.17) is 0 Å². The van der Waals surface area contributed by atoms with E-state index in [1.165, 1.54) is 0 Å². The topological polar surface area (TPSA) is 34.1 Å². The van der Waals surface area contributed by atoms with E-state index >= 15 is 0 Å². The summed E-state index contributed by atoms with van der Waals surface area (Å²) in [6.07, 6.45) is 0. The van der Waals surface area contributed by atoms with Gasteiger partial charge in [-0.15, -0.1) is 0 Å². The SMILES string of the molecule is CC(C)(C)S(=O)CC(=O)c1ccccc1. The van der Waals surface area contributed by atoms with Crippen molar-refractivity contribution in [2.45, 2.75) is 25.5 Å². The van der Waals surface area contributed by atoms with Gasteiger partial charge < -0.3 is 0 Å². The van der Waals surface area contributed by atoms with Crippen LogP contribution in [0.1, 0.15) is 31.1 Å². The van der Waals surface area contributed by atoms with Gasteiger partial charge in [-0.3, -0.25) is 9.00 Å². The largest absolute Gasteiger partial charge is 0.293 e. The Morgan fingerprint density at radius 3 is 2.20 bits per heavy atom. The summed E-state index contributed by atoms with van der Waals surface area (Å²) < 4.78 is 11.4. The van der Waals surface area contributed by atoms with Crippen LogP contribution in [0.2, 0.25) is 0 Å². The van der Waals surface area contributed by atoms with E-state index in [9.17, 15) is 9.00 Å². The Morgan fingerprint density at radius 1 is 1.20 bits per heavy atom. The van der Waals surface area contributed by atoms with Crippen molar-refractivity contribution in [1.82, 2.24) is 0 Å². The zero-order chi connectivity index (χ0) is 11.5. The highest BCUT2D eigenvalue weighted by atomic mass is 32.2. The van der Waals surface area contributed by atoms with E-state index < -0.39 is 10.8 Å². The summed E-state index contributed by atoms with van der Waals surface area (Å²) in [7, 11) is -1.12. The van der Waals surface area contributed by atoms with Gasteiger partial charge in [0.05, 0.1) is 5.75 Å². The van der Waals surface area contributed by atoms with Gasteiger partial charge >= 0.3 is 0 Å². The first-order valence-corrected chi connectivity index (χ1v) is 6.20. The molecule has 1 atom stereocenters. The van der Waals surface area contributed by atoms with Crippen LogP contribution in [0, 0.1) is 0 Å². The first-order valence-electron chi connectivity index (χ1n) is 4.88. The van der Waals surface area contributed by atoms with Crippen molar-refractivity contribution in [3.63, 3.8) is 0 Å². The quantitative estimate of drug-likeness (QED) is 0.739. The van der Waals surface area contributed by atoms with Crippen LogP contribution in [-0.2, 0) is 10.8 Å². The minimum Gasteiger partial charge on any atom is -0.293 e. The Morgan fingerprint density at radius 2 is 1.73 bits per heavy atom. The predicted octanol–water partition coefficient (Wildman–Crippen LogP) is 2.42. The molecule has 0 amide bonds. The van der Waals surface area contributed by atoms with Crippen LogP contribution in [0.15, 0.2) is 30.3 Å². The van der Waals surface area contributed by atoms with E-state index in [2.05, 4.69) is 0 Å². The summed E-state index contributed by atoms with van der Waals surface area (Å²) in [4.78, 5) is 11.7. The number of carbonyl (C=O) groups excluding carboxylic acids is 1. The lowest BCUT2D eigenvalue weighted by molar-refractivity contribution is 0.102. The molecule has 0 saturated heterocycles. The number of ketones is 1. The van der Waals surface area contributed by atoms with Gasteiger partial charge in [-0.25, -0.2) is 0 Å². The zero-order valence-electron chi connectivity index (χ0n) is 9.32. The Bertz CT molecular complexity index is 363. The van der Waals surface area contributed by atoms with Crippen LogP contribution in [-0.4, -0.2) is 20.5 Å². The second kappa shape index (κ2) is 4.71. The molecule has 0 radical (unpaired) electrons. The molecule has 0 aromatic heterocycles. The van der Waals surface area contributed by atoms with E-state index in [1.807, 2.05) is 39.0 Å². The van der Waals surface area contributed by atoms with E-state index in [0.717, 1.165) is 0 Å². The smallest absolute Gasteiger partial charge is 0.175 e. The first kappa shape index (κ1) is 12.1. The third-order valence-corrected chi connectivity index (χ3v) is 3.93. The standard InChI is InChI=1S/C12H16O2S/c1-12(2,3)15(14)9-11(13)10-7-5-4-6-8-10/h4-8H,9H2,1-3H3. The lowest BCUT2D eigenvalue weighted by Crippen LogP contribution is -2.27. The molecule has 0 bridgehead atoms. The van der Waals surface area contributed by atoms with Crippen molar-refractivity contribution >= 4 is 16.6 Å². The number of Topliss-reactive ketones (excluding diaryl/α,β-unsaturated/α-hetero) is 1. The Balaban J connectivity index is 2.70. The van der Waals surface area contributed by atoms with Crippen molar-refractivity contribution in [1.29, 1.82) is 0 Å². The molecule has 82 valence electrons. The van der Waals surface area contributed by atoms with Crippen LogP contribution in [0.5, 0.6) is 0 Å². The second-order valence-electron chi connectivity index (χ2n) is 4.39. The third kappa shape index (κ3) is 3.59. The molecule has 0 spiro atoms. The van der Waals surface area contributed by atoms with Gasteiger partial charge in [-0.1, -0.05) is 30.3 Å². The highest BCUT2D eigenvalue weighted by Gasteiger charge is 2.22. The Labute approximate surface area is 93.2 Å². The van der Waals surface area contributed by atoms with Crippen LogP contribution in [0.4, 0.5) is 0 Å². The Kier molecular flexibility index (Phi) is 3.80. The number of benzene rings is 1. The molecule has 0 aliphatic heterocycles. The van der Waals surface area contributed by atoms with Gasteiger partial charge in [0.15, 0.2) is 5.78 Å². The summed E-state index contributed by atoms with van der Waals surface area (Å²) in [6.45, 7) is 5.63. The fourth-order valence-corrected chi connectivity index (χ4v) is 1.88. The van der Waals surface area contributed by atoms with Crippen LogP contribution in [0.3, 0.4) is 0 Å². The van der Waals surface area contributed by atoms with E-state index in [0.29, 0.717) is 5.56 Å². The summed E-state index contributed by atoms with van der Waals surface area (Å²) in [6, 6.07) is 8.99. The van der Waals surface area contributed by atoms with Gasteiger partial charge in [-0.05, 0) is 20.8 Å². The molecule has 1 aromatic carbocycles. The second-order valence-corrected chi connectivity index (χ2v) is 6.60. The molecular formula is C12H16O2S. The number of hydrogen-bond acceptors (Lipinski definition) is 2. The average molecular weight is 224 g/mol. The molecule has 1 unspecified atom stereocenters. The first-order chi connectivity index (χ1) is 6.91. The van der Waals surface area contributed by atoms with Crippen LogP contribution in [0.25, 0.3) is 0 Å². The minimum absolute atomic E-state index is 0.0520. The normalized spacial score (nSPS) is 13.5. The van der Waals surface area contributed by atoms with Gasteiger partial charge in [-0.2, -0.15) is 0 Å². The molecule has 0 fully saturated rings. The van der Waals surface area contributed by atoms with Crippen LogP contribution < -0.4 is 0 Å². The molecule has 1 rings (SSSR count). The van der Waals surface area contributed by atoms with Gasteiger partial charge in [0, 0.05) is 21.1 Å². The van der Waals surface area contributed by atoms with Gasteiger partial charge in [0.25, 0.3) is 0 Å². The summed E-state index contributed by atoms with van der Waals surface area (Å²) in [5.74, 6) is 0.0527. The number of hydrogen-bond donors (Lipinski definition) is 0. The van der Waals surface area contributed by atoms with E-state index in [1.54, 1.807) is 12.1 Å². The molecule has 3 heteroatoms. The number of rotatable bonds is 3. The van der Waals surface area contributed by atoms with Crippen molar-refractivity contribution in [2.24, 2.45) is 0 Å². The highest BCUT2D eigenvalue weighted by molar-refractivity contribution is 7.87. The predicted molar refractivity (Wildman–Crippen MR) is 63.5 cm³/mol. The fourth-order valence-electron chi connectivity index (χ4n) is 1.04. The van der Waals surface area contributed by atoms with Gasteiger partial charge in [0.1, 0.15) is 0 Å². The minimum atomic E-state index is -1.12. The van der Waals surface area contributed by atoms with E-state index in [-0.39, 0.29) is 16.3 Å². The van der Waals surface area contributed by atoms with Crippen molar-refractivity contribution in [2.75, 3.05) is 5.75 Å². The molecule has 0 aliphatic carbocycles. The summed E-state index contributed by atoms with van der Waals surface area (Å²) in [5.41, 5.74) is 0.634. The molecule has 2 nitrogen and oxygen atoms in total. The summed E-state index contributed by atoms with van der Waals surface area (Å²) in [5, 5.41) is 0. The van der Waals surface area contributed by atoms with Crippen LogP contribution >= 0.6 is 0 Å². The lowest BCUT2D eigenvalue weighted by atomic mass is 10.2. The maximum Gasteiger partial charge on any atom is 0.175 e. The molecule has 0 heterocycles. The summed E-state index contributed by atoms with van der Waals surface area (Å²) >= 11 is 0. The zero-order valence-corrected chi connectivity index (χ0v) is 10.1.